The van der Waals surface area contributed by atoms with Gasteiger partial charge in [0, 0.05) is 0 Å². The van der Waals surface area contributed by atoms with Gasteiger partial charge >= 0.3 is 0 Å². The molecule has 0 unspecified atom stereocenters. The van der Waals surface area contributed by atoms with E-state index >= 15 is 0 Å². The molecule has 28 heavy (non-hydrogen) atoms. The van der Waals surface area contributed by atoms with Crippen LogP contribution in [0.2, 0.25) is 0 Å². The smallest absolute Gasteiger partial charge is 0.240 e. The lowest BCUT2D eigenvalue weighted by Crippen LogP contribution is -1.97. The molecule has 0 radical (unpaired) electrons. The number of nitrogens with one attached hydrogen (secondary N) is 1. The number of ether oxygens (including phenoxy) is 1. The summed E-state index contributed by atoms with van der Waals surface area (Å²) in [6.07, 6.45) is 1.57. The molecule has 3 heterocycles. The molecule has 0 saturated heterocycles. The Balaban J connectivity index is 1.42. The van der Waals surface area contributed by atoms with Crippen molar-refractivity contribution in [2.75, 3.05) is 11.9 Å². The summed E-state index contributed by atoms with van der Waals surface area (Å²) in [6.45, 7) is 4.52. The van der Waals surface area contributed by atoms with E-state index in [-0.39, 0.29) is 5.25 Å². The molecule has 0 amide bonds. The van der Waals surface area contributed by atoms with E-state index in [2.05, 4.69) is 25.7 Å². The molecule has 1 N–H and O–H groups in total. The molecule has 3 aromatic heterocycles. The number of hydrogen-bond donors (Lipinski definition) is 1. The van der Waals surface area contributed by atoms with Crippen LogP contribution < -0.4 is 10.1 Å². The molecule has 1 atom stereocenters. The summed E-state index contributed by atoms with van der Waals surface area (Å²) >= 11 is 2.95. The summed E-state index contributed by atoms with van der Waals surface area (Å²) in [4.78, 5) is 4.39. The number of anilines is 2. The van der Waals surface area contributed by atoms with Crippen LogP contribution in [0, 0.1) is 0 Å². The van der Waals surface area contributed by atoms with Crippen molar-refractivity contribution in [1.82, 2.24) is 20.3 Å². The Morgan fingerprint density at radius 2 is 2.11 bits per heavy atom. The van der Waals surface area contributed by atoms with Gasteiger partial charge in [0.25, 0.3) is 0 Å². The average molecular weight is 416 g/mol. The van der Waals surface area contributed by atoms with E-state index in [1.165, 1.54) is 23.1 Å². The molecule has 4 rings (SSSR count). The molecule has 0 bridgehead atoms. The molecule has 0 aliphatic rings. The highest BCUT2D eigenvalue weighted by molar-refractivity contribution is 8.01. The van der Waals surface area contributed by atoms with E-state index < -0.39 is 0 Å². The predicted octanol–water partition coefficient (Wildman–Crippen LogP) is 5.18. The van der Waals surface area contributed by atoms with E-state index in [0.29, 0.717) is 29.2 Å². The maximum Gasteiger partial charge on any atom is 0.240 e. The van der Waals surface area contributed by atoms with E-state index in [9.17, 15) is 0 Å². The van der Waals surface area contributed by atoms with Crippen LogP contribution in [0.25, 0.3) is 11.6 Å². The molecule has 0 saturated carbocycles. The first-order valence-electron chi connectivity index (χ1n) is 8.59. The van der Waals surface area contributed by atoms with Crippen LogP contribution in [0.4, 0.5) is 10.8 Å². The van der Waals surface area contributed by atoms with Crippen LogP contribution in [-0.2, 0) is 0 Å². The van der Waals surface area contributed by atoms with Crippen molar-refractivity contribution in [3.05, 3.63) is 48.6 Å². The zero-order chi connectivity index (χ0) is 19.3. The number of nitrogens with zero attached hydrogens (tertiary/aromatic N) is 4. The van der Waals surface area contributed by atoms with Gasteiger partial charge in [0.05, 0.1) is 23.8 Å². The van der Waals surface area contributed by atoms with Gasteiger partial charge < -0.3 is 19.0 Å². The number of furan rings is 1. The minimum absolute atomic E-state index is 0.0762. The summed E-state index contributed by atoms with van der Waals surface area (Å²) < 4.78 is 17.1. The maximum atomic E-state index is 5.62. The van der Waals surface area contributed by atoms with Gasteiger partial charge in [-0.15, -0.1) is 10.2 Å². The van der Waals surface area contributed by atoms with Gasteiger partial charge in [-0.05, 0) is 38.1 Å². The second-order valence-corrected chi connectivity index (χ2v) is 8.19. The molecule has 4 aromatic rings. The normalized spacial score (nSPS) is 12.1. The summed E-state index contributed by atoms with van der Waals surface area (Å²) in [7, 11) is 0. The fraction of sp³-hybridized carbons (Fsp3) is 0.222. The Morgan fingerprint density at radius 3 is 2.93 bits per heavy atom. The highest BCUT2D eigenvalue weighted by Gasteiger charge is 2.19. The van der Waals surface area contributed by atoms with Crippen molar-refractivity contribution in [3.63, 3.8) is 0 Å². The molecular formula is C18H17N5O3S2. The molecule has 0 fully saturated rings. The maximum absolute atomic E-state index is 5.62. The highest BCUT2D eigenvalue weighted by atomic mass is 32.2. The lowest BCUT2D eigenvalue weighted by molar-refractivity contribution is 0.342. The largest absolute Gasteiger partial charge is 0.492 e. The van der Waals surface area contributed by atoms with Crippen LogP contribution in [0.5, 0.6) is 5.75 Å². The molecule has 0 aliphatic carbocycles. The van der Waals surface area contributed by atoms with Gasteiger partial charge in [0.2, 0.25) is 16.8 Å². The van der Waals surface area contributed by atoms with Crippen molar-refractivity contribution in [3.8, 4) is 17.3 Å². The number of rotatable bonds is 8. The number of benzene rings is 1. The first kappa shape index (κ1) is 18.5. The summed E-state index contributed by atoms with van der Waals surface area (Å²) in [5.41, 5.74) is 0.852. The van der Waals surface area contributed by atoms with E-state index in [0.717, 1.165) is 15.8 Å². The van der Waals surface area contributed by atoms with Crippen LogP contribution in [0.1, 0.15) is 25.0 Å². The molecule has 10 heteroatoms. The van der Waals surface area contributed by atoms with Crippen LogP contribution in [0.3, 0.4) is 0 Å². The number of hydrogen-bond acceptors (Lipinski definition) is 10. The van der Waals surface area contributed by atoms with Crippen molar-refractivity contribution < 1.29 is 13.7 Å². The van der Waals surface area contributed by atoms with Gasteiger partial charge in [0.15, 0.2) is 10.1 Å². The third-order valence-electron chi connectivity index (χ3n) is 3.64. The van der Waals surface area contributed by atoms with Gasteiger partial charge in [-0.25, -0.2) is 0 Å². The monoisotopic (exact) mass is 415 g/mol. The topological polar surface area (TPSA) is 99.1 Å². The van der Waals surface area contributed by atoms with Crippen LogP contribution in [0.15, 0.2) is 55.9 Å². The number of aromatic nitrogens is 4. The van der Waals surface area contributed by atoms with E-state index in [1.807, 2.05) is 38.1 Å². The first-order chi connectivity index (χ1) is 13.7. The fourth-order valence-corrected chi connectivity index (χ4v) is 4.32. The number of thioether (sulfide) groups is 1. The SMILES string of the molecule is CCOc1ccccc1Nc1nnc(S[C@@H](C)c2nc(-c3ccco3)no2)s1. The minimum atomic E-state index is -0.0762. The Bertz CT molecular complexity index is 1030. The third-order valence-corrected chi connectivity index (χ3v) is 5.65. The molecule has 0 aliphatic heterocycles. The zero-order valence-electron chi connectivity index (χ0n) is 15.2. The summed E-state index contributed by atoms with van der Waals surface area (Å²) in [5, 5.41) is 16.3. The Hall–Kier alpha value is -2.85. The molecule has 144 valence electrons. The standard InChI is InChI=1S/C18H17N5O3S2/c1-3-24-13-8-5-4-7-12(13)19-17-21-22-18(28-17)27-11(2)16-20-15(23-26-16)14-9-6-10-25-14/h4-11H,3H2,1-2H3,(H,19,21)/t11-/m0/s1. The lowest BCUT2D eigenvalue weighted by atomic mass is 10.3. The third kappa shape index (κ3) is 4.18. The first-order valence-corrected chi connectivity index (χ1v) is 10.3. The van der Waals surface area contributed by atoms with Crippen molar-refractivity contribution >= 4 is 33.9 Å². The second-order valence-electron chi connectivity index (χ2n) is 5.62. The summed E-state index contributed by atoms with van der Waals surface area (Å²) in [5.74, 6) is 2.28. The number of para-hydroxylation sites is 2. The Labute approximate surface area is 169 Å². The average Bonchev–Trinajstić information content (AvgIpc) is 3.45. The zero-order valence-corrected chi connectivity index (χ0v) is 16.8. The Kier molecular flexibility index (Phi) is 5.58. The van der Waals surface area contributed by atoms with Gasteiger partial charge in [0.1, 0.15) is 5.75 Å². The molecule has 1 aromatic carbocycles. The minimum Gasteiger partial charge on any atom is -0.492 e. The Morgan fingerprint density at radius 1 is 1.21 bits per heavy atom. The molecule has 8 nitrogen and oxygen atoms in total. The van der Waals surface area contributed by atoms with Gasteiger partial charge in [-0.3, -0.25) is 0 Å². The highest BCUT2D eigenvalue weighted by Crippen LogP contribution is 2.38. The van der Waals surface area contributed by atoms with Crippen LogP contribution >= 0.6 is 23.1 Å². The quantitative estimate of drug-likeness (QED) is 0.390. The van der Waals surface area contributed by atoms with Crippen molar-refractivity contribution in [1.29, 1.82) is 0 Å². The summed E-state index contributed by atoms with van der Waals surface area (Å²) in [6, 6.07) is 11.3. The van der Waals surface area contributed by atoms with Crippen molar-refractivity contribution in [2.24, 2.45) is 0 Å². The molecular weight excluding hydrogens is 398 g/mol. The fourth-order valence-electron chi connectivity index (χ4n) is 2.38. The van der Waals surface area contributed by atoms with Gasteiger partial charge in [-0.1, -0.05) is 40.4 Å². The van der Waals surface area contributed by atoms with E-state index in [4.69, 9.17) is 13.7 Å². The van der Waals surface area contributed by atoms with Crippen LogP contribution in [-0.4, -0.2) is 26.9 Å². The second kappa shape index (κ2) is 8.44. The lowest BCUT2D eigenvalue weighted by Gasteiger charge is -2.09. The van der Waals surface area contributed by atoms with E-state index in [1.54, 1.807) is 18.4 Å². The van der Waals surface area contributed by atoms with Gasteiger partial charge in [-0.2, -0.15) is 4.98 Å². The predicted molar refractivity (Wildman–Crippen MR) is 107 cm³/mol. The molecule has 0 spiro atoms. The van der Waals surface area contributed by atoms with Crippen molar-refractivity contribution in [2.45, 2.75) is 23.4 Å².